The second-order valence-electron chi connectivity index (χ2n) is 8.08. The molecule has 1 aromatic rings. The van der Waals surface area contributed by atoms with Gasteiger partial charge in [-0.15, -0.1) is 0 Å². The van der Waals surface area contributed by atoms with Crippen LogP contribution in [0.4, 0.5) is 11.4 Å². The smallest absolute Gasteiger partial charge is 0.256 e. The molecule has 1 saturated heterocycles. The molecule has 0 bridgehead atoms. The summed E-state index contributed by atoms with van der Waals surface area (Å²) in [5, 5.41) is 3.08. The van der Waals surface area contributed by atoms with E-state index in [0.29, 0.717) is 18.7 Å². The van der Waals surface area contributed by atoms with E-state index in [9.17, 15) is 9.59 Å². The topological polar surface area (TPSA) is 52.7 Å². The molecule has 0 spiro atoms. The SMILES string of the molecule is CCN(CC)C(=O)c1cc(NC(=O)C2CCCCC2)ccc1N1CCCCC1. The minimum absolute atomic E-state index is 0.0549. The van der Waals surface area contributed by atoms with E-state index in [1.165, 1.54) is 25.7 Å². The van der Waals surface area contributed by atoms with Crippen molar-refractivity contribution in [1.82, 2.24) is 4.90 Å². The van der Waals surface area contributed by atoms with Crippen molar-refractivity contribution in [3.05, 3.63) is 23.8 Å². The van der Waals surface area contributed by atoms with Crippen LogP contribution in [0.5, 0.6) is 0 Å². The number of hydrogen-bond donors (Lipinski definition) is 1. The Morgan fingerprint density at radius 1 is 1.00 bits per heavy atom. The van der Waals surface area contributed by atoms with Crippen molar-refractivity contribution in [2.24, 2.45) is 5.92 Å². The van der Waals surface area contributed by atoms with Crippen molar-refractivity contribution in [2.45, 2.75) is 65.2 Å². The molecule has 2 aliphatic rings. The summed E-state index contributed by atoms with van der Waals surface area (Å²) in [7, 11) is 0. The summed E-state index contributed by atoms with van der Waals surface area (Å²) in [5.41, 5.74) is 2.46. The van der Waals surface area contributed by atoms with Crippen molar-refractivity contribution in [3.63, 3.8) is 0 Å². The van der Waals surface area contributed by atoms with Crippen LogP contribution in [0.1, 0.15) is 75.6 Å². The zero-order valence-corrected chi connectivity index (χ0v) is 17.5. The van der Waals surface area contributed by atoms with E-state index in [1.54, 1.807) is 0 Å². The van der Waals surface area contributed by atoms with Gasteiger partial charge in [0.2, 0.25) is 5.91 Å². The molecule has 1 N–H and O–H groups in total. The highest BCUT2D eigenvalue weighted by molar-refractivity contribution is 6.02. The average molecular weight is 386 g/mol. The van der Waals surface area contributed by atoms with Gasteiger partial charge in [0.1, 0.15) is 0 Å². The number of carbonyl (C=O) groups excluding carboxylic acids is 2. The predicted molar refractivity (Wildman–Crippen MR) is 115 cm³/mol. The van der Waals surface area contributed by atoms with Gasteiger partial charge in [-0.05, 0) is 64.2 Å². The van der Waals surface area contributed by atoms with Crippen LogP contribution in [-0.4, -0.2) is 42.9 Å². The first-order chi connectivity index (χ1) is 13.6. The van der Waals surface area contributed by atoms with Crippen LogP contribution < -0.4 is 10.2 Å². The third-order valence-corrected chi connectivity index (χ3v) is 6.22. The number of nitrogens with one attached hydrogen (secondary N) is 1. The Bertz CT molecular complexity index is 672. The second-order valence-corrected chi connectivity index (χ2v) is 8.08. The van der Waals surface area contributed by atoms with Crippen LogP contribution in [0.15, 0.2) is 18.2 Å². The number of piperidine rings is 1. The summed E-state index contributed by atoms with van der Waals surface area (Å²) in [4.78, 5) is 30.0. The van der Waals surface area contributed by atoms with Gasteiger partial charge in [0, 0.05) is 43.5 Å². The van der Waals surface area contributed by atoms with Gasteiger partial charge in [-0.2, -0.15) is 0 Å². The van der Waals surface area contributed by atoms with Gasteiger partial charge >= 0.3 is 0 Å². The normalized spacial score (nSPS) is 18.0. The number of rotatable bonds is 6. The molecule has 2 amide bonds. The third kappa shape index (κ3) is 4.86. The van der Waals surface area contributed by atoms with Gasteiger partial charge in [0.25, 0.3) is 5.91 Å². The van der Waals surface area contributed by atoms with E-state index >= 15 is 0 Å². The highest BCUT2D eigenvalue weighted by Crippen LogP contribution is 2.30. The van der Waals surface area contributed by atoms with Crippen molar-refractivity contribution < 1.29 is 9.59 Å². The van der Waals surface area contributed by atoms with Gasteiger partial charge in [-0.3, -0.25) is 9.59 Å². The fraction of sp³-hybridized carbons (Fsp3) is 0.652. The molecule has 1 saturated carbocycles. The molecule has 1 aliphatic carbocycles. The zero-order valence-electron chi connectivity index (χ0n) is 17.5. The maximum absolute atomic E-state index is 13.2. The minimum Gasteiger partial charge on any atom is -0.371 e. The van der Waals surface area contributed by atoms with E-state index in [4.69, 9.17) is 0 Å². The van der Waals surface area contributed by atoms with Crippen LogP contribution >= 0.6 is 0 Å². The van der Waals surface area contributed by atoms with Crippen molar-refractivity contribution >= 4 is 23.2 Å². The monoisotopic (exact) mass is 385 g/mol. The van der Waals surface area contributed by atoms with Crippen molar-refractivity contribution in [3.8, 4) is 0 Å². The molecule has 0 aromatic heterocycles. The van der Waals surface area contributed by atoms with Crippen molar-refractivity contribution in [1.29, 1.82) is 0 Å². The van der Waals surface area contributed by atoms with Crippen LogP contribution in [-0.2, 0) is 4.79 Å². The van der Waals surface area contributed by atoms with Gasteiger partial charge in [0.15, 0.2) is 0 Å². The molecule has 1 aliphatic heterocycles. The minimum atomic E-state index is 0.0549. The molecule has 5 nitrogen and oxygen atoms in total. The van der Waals surface area contributed by atoms with E-state index < -0.39 is 0 Å². The summed E-state index contributed by atoms with van der Waals surface area (Å²) >= 11 is 0. The summed E-state index contributed by atoms with van der Waals surface area (Å²) < 4.78 is 0. The lowest BCUT2D eigenvalue weighted by atomic mass is 9.88. The molecule has 0 radical (unpaired) electrons. The molecule has 2 fully saturated rings. The molecule has 154 valence electrons. The lowest BCUT2D eigenvalue weighted by Gasteiger charge is -2.32. The van der Waals surface area contributed by atoms with Gasteiger partial charge < -0.3 is 15.1 Å². The first kappa shape index (κ1) is 20.7. The van der Waals surface area contributed by atoms with Crippen LogP contribution in [0.3, 0.4) is 0 Å². The van der Waals surface area contributed by atoms with Crippen LogP contribution in [0.2, 0.25) is 0 Å². The predicted octanol–water partition coefficient (Wildman–Crippen LogP) is 4.68. The number of benzene rings is 1. The molecule has 0 atom stereocenters. The van der Waals surface area contributed by atoms with Gasteiger partial charge in [0.05, 0.1) is 5.56 Å². The maximum atomic E-state index is 13.2. The lowest BCUT2D eigenvalue weighted by Crippen LogP contribution is -2.35. The fourth-order valence-electron chi connectivity index (χ4n) is 4.49. The molecule has 5 heteroatoms. The molecular formula is C23H35N3O2. The maximum Gasteiger partial charge on any atom is 0.256 e. The van der Waals surface area contributed by atoms with Crippen LogP contribution in [0, 0.1) is 5.92 Å². The summed E-state index contributed by atoms with van der Waals surface area (Å²) in [6.45, 7) is 7.38. The largest absolute Gasteiger partial charge is 0.371 e. The first-order valence-corrected chi connectivity index (χ1v) is 11.1. The number of amides is 2. The Kier molecular flexibility index (Phi) is 7.35. The quantitative estimate of drug-likeness (QED) is 0.774. The molecule has 0 unspecified atom stereocenters. The molecule has 1 heterocycles. The van der Waals surface area contributed by atoms with E-state index in [0.717, 1.165) is 50.1 Å². The Labute approximate surface area is 169 Å². The standard InChI is InChI=1S/C23H35N3O2/c1-3-25(4-2)23(28)20-17-19(24-22(27)18-11-7-5-8-12-18)13-14-21(20)26-15-9-6-10-16-26/h13-14,17-18H,3-12,15-16H2,1-2H3,(H,24,27). The molecular weight excluding hydrogens is 350 g/mol. The number of hydrogen-bond acceptors (Lipinski definition) is 3. The number of anilines is 2. The summed E-state index contributed by atoms with van der Waals surface area (Å²) in [6, 6.07) is 5.88. The van der Waals surface area contributed by atoms with Gasteiger partial charge in [-0.1, -0.05) is 19.3 Å². The van der Waals surface area contributed by atoms with E-state index in [2.05, 4.69) is 10.2 Å². The Morgan fingerprint density at radius 3 is 2.29 bits per heavy atom. The molecule has 28 heavy (non-hydrogen) atoms. The zero-order chi connectivity index (χ0) is 19.9. The highest BCUT2D eigenvalue weighted by Gasteiger charge is 2.24. The molecule has 1 aromatic carbocycles. The Balaban J connectivity index is 1.84. The second kappa shape index (κ2) is 9.94. The average Bonchev–Trinajstić information content (AvgIpc) is 2.75. The number of carbonyl (C=O) groups is 2. The van der Waals surface area contributed by atoms with E-state index in [-0.39, 0.29) is 17.7 Å². The molecule has 3 rings (SSSR count). The fourth-order valence-corrected chi connectivity index (χ4v) is 4.49. The van der Waals surface area contributed by atoms with Gasteiger partial charge in [-0.25, -0.2) is 0 Å². The summed E-state index contributed by atoms with van der Waals surface area (Å²) in [5.74, 6) is 0.267. The van der Waals surface area contributed by atoms with Crippen molar-refractivity contribution in [2.75, 3.05) is 36.4 Å². The Hall–Kier alpha value is -2.04. The van der Waals surface area contributed by atoms with Crippen LogP contribution in [0.25, 0.3) is 0 Å². The Morgan fingerprint density at radius 2 is 1.64 bits per heavy atom. The summed E-state index contributed by atoms with van der Waals surface area (Å²) in [6.07, 6.45) is 9.04. The highest BCUT2D eigenvalue weighted by atomic mass is 16.2. The third-order valence-electron chi connectivity index (χ3n) is 6.22. The number of nitrogens with zero attached hydrogens (tertiary/aromatic N) is 2. The lowest BCUT2D eigenvalue weighted by molar-refractivity contribution is -0.120. The van der Waals surface area contributed by atoms with E-state index in [1.807, 2.05) is 36.9 Å². The first-order valence-electron chi connectivity index (χ1n) is 11.1.